The first kappa shape index (κ1) is 15.0. The molecule has 20 heavy (non-hydrogen) atoms. The number of anilines is 1. The fourth-order valence-corrected chi connectivity index (χ4v) is 2.80. The molecule has 1 N–H and O–H groups in total. The van der Waals surface area contributed by atoms with E-state index in [4.69, 9.17) is 0 Å². The SMILES string of the molecule is CCC(=O)N[C@@H]1CCCN(c2nnc(C(F)(F)F)s2)C1. The van der Waals surface area contributed by atoms with E-state index in [1.54, 1.807) is 11.8 Å². The number of amides is 1. The molecule has 1 fully saturated rings. The van der Waals surface area contributed by atoms with Gasteiger partial charge in [0.25, 0.3) is 0 Å². The second-order valence-electron chi connectivity index (χ2n) is 4.59. The molecule has 112 valence electrons. The van der Waals surface area contributed by atoms with E-state index in [1.165, 1.54) is 0 Å². The van der Waals surface area contributed by atoms with E-state index in [-0.39, 0.29) is 17.1 Å². The Morgan fingerprint density at radius 3 is 2.85 bits per heavy atom. The van der Waals surface area contributed by atoms with Gasteiger partial charge in [-0.2, -0.15) is 13.2 Å². The molecule has 0 bridgehead atoms. The minimum atomic E-state index is -4.46. The van der Waals surface area contributed by atoms with Gasteiger partial charge in [-0.15, -0.1) is 10.2 Å². The Hall–Kier alpha value is -1.38. The van der Waals surface area contributed by atoms with E-state index < -0.39 is 11.2 Å². The van der Waals surface area contributed by atoms with Crippen LogP contribution < -0.4 is 10.2 Å². The molecule has 1 saturated heterocycles. The summed E-state index contributed by atoms with van der Waals surface area (Å²) in [6, 6.07) is -0.0468. The molecule has 5 nitrogen and oxygen atoms in total. The van der Waals surface area contributed by atoms with Gasteiger partial charge in [0.2, 0.25) is 16.0 Å². The summed E-state index contributed by atoms with van der Waals surface area (Å²) < 4.78 is 37.5. The molecule has 2 heterocycles. The number of piperidine rings is 1. The van der Waals surface area contributed by atoms with Crippen LogP contribution in [0.3, 0.4) is 0 Å². The number of hydrogen-bond acceptors (Lipinski definition) is 5. The van der Waals surface area contributed by atoms with Crippen LogP contribution in [0.25, 0.3) is 0 Å². The lowest BCUT2D eigenvalue weighted by molar-refractivity contribution is -0.138. The van der Waals surface area contributed by atoms with Gasteiger partial charge in [-0.3, -0.25) is 4.79 Å². The van der Waals surface area contributed by atoms with Gasteiger partial charge in [0.05, 0.1) is 0 Å². The standard InChI is InChI=1S/C11H15F3N4OS/c1-2-8(19)15-7-4-3-5-18(6-7)10-17-16-9(20-10)11(12,13)14/h7H,2-6H2,1H3,(H,15,19)/t7-/m1/s1. The minimum absolute atomic E-state index is 0.0468. The van der Waals surface area contributed by atoms with Crippen molar-refractivity contribution in [2.45, 2.75) is 38.4 Å². The van der Waals surface area contributed by atoms with Crippen LogP contribution >= 0.6 is 11.3 Å². The summed E-state index contributed by atoms with van der Waals surface area (Å²) in [5.41, 5.74) is 0. The number of halogens is 3. The van der Waals surface area contributed by atoms with Crippen LogP contribution in [0.5, 0.6) is 0 Å². The van der Waals surface area contributed by atoms with Crippen molar-refractivity contribution >= 4 is 22.4 Å². The van der Waals surface area contributed by atoms with Crippen molar-refractivity contribution in [2.24, 2.45) is 0 Å². The van der Waals surface area contributed by atoms with Crippen LogP contribution in [0.4, 0.5) is 18.3 Å². The number of hydrogen-bond donors (Lipinski definition) is 1. The smallest absolute Gasteiger partial charge is 0.352 e. The van der Waals surface area contributed by atoms with Crippen molar-refractivity contribution < 1.29 is 18.0 Å². The predicted molar refractivity (Wildman–Crippen MR) is 68.6 cm³/mol. The van der Waals surface area contributed by atoms with Gasteiger partial charge in [-0.25, -0.2) is 0 Å². The Balaban J connectivity index is 2.02. The fourth-order valence-electron chi connectivity index (χ4n) is 2.06. The Morgan fingerprint density at radius 1 is 1.50 bits per heavy atom. The normalized spacial score (nSPS) is 20.0. The fraction of sp³-hybridized carbons (Fsp3) is 0.727. The third-order valence-corrected chi connectivity index (χ3v) is 4.06. The van der Waals surface area contributed by atoms with E-state index in [9.17, 15) is 18.0 Å². The summed E-state index contributed by atoms with van der Waals surface area (Å²) in [6.07, 6.45) is -2.43. The molecular weight excluding hydrogens is 293 g/mol. The van der Waals surface area contributed by atoms with Crippen LogP contribution in [-0.4, -0.2) is 35.2 Å². The van der Waals surface area contributed by atoms with Crippen molar-refractivity contribution in [1.29, 1.82) is 0 Å². The van der Waals surface area contributed by atoms with E-state index >= 15 is 0 Å². The van der Waals surface area contributed by atoms with Gasteiger partial charge in [-0.05, 0) is 12.8 Å². The van der Waals surface area contributed by atoms with Crippen molar-refractivity contribution in [3.8, 4) is 0 Å². The maximum Gasteiger partial charge on any atom is 0.445 e. The summed E-state index contributed by atoms with van der Waals surface area (Å²) in [5, 5.41) is 8.96. The monoisotopic (exact) mass is 308 g/mol. The molecular formula is C11H15F3N4OS. The number of carbonyl (C=O) groups is 1. The molecule has 0 radical (unpaired) electrons. The molecule has 0 spiro atoms. The first-order chi connectivity index (χ1) is 9.40. The Morgan fingerprint density at radius 2 is 2.25 bits per heavy atom. The number of nitrogens with zero attached hydrogens (tertiary/aromatic N) is 3. The molecule has 0 unspecified atom stereocenters. The quantitative estimate of drug-likeness (QED) is 0.928. The second-order valence-corrected chi connectivity index (χ2v) is 5.55. The molecule has 0 saturated carbocycles. The lowest BCUT2D eigenvalue weighted by Gasteiger charge is -2.32. The summed E-state index contributed by atoms with van der Waals surface area (Å²) in [5.74, 6) is -0.0508. The number of alkyl halides is 3. The highest BCUT2D eigenvalue weighted by Gasteiger charge is 2.36. The zero-order valence-corrected chi connectivity index (χ0v) is 11.7. The third-order valence-electron chi connectivity index (χ3n) is 3.03. The Bertz CT molecular complexity index is 476. The van der Waals surface area contributed by atoms with Gasteiger partial charge < -0.3 is 10.2 Å². The van der Waals surface area contributed by atoms with Crippen molar-refractivity contribution in [3.05, 3.63) is 5.01 Å². The number of rotatable bonds is 3. The van der Waals surface area contributed by atoms with E-state index in [1.807, 2.05) is 0 Å². The molecule has 1 aliphatic heterocycles. The van der Waals surface area contributed by atoms with E-state index in [2.05, 4.69) is 15.5 Å². The summed E-state index contributed by atoms with van der Waals surface area (Å²) >= 11 is 0.539. The van der Waals surface area contributed by atoms with Gasteiger partial charge in [0, 0.05) is 25.6 Å². The molecule has 2 rings (SSSR count). The lowest BCUT2D eigenvalue weighted by Crippen LogP contribution is -2.47. The highest BCUT2D eigenvalue weighted by atomic mass is 32.1. The lowest BCUT2D eigenvalue weighted by atomic mass is 10.1. The zero-order valence-electron chi connectivity index (χ0n) is 10.9. The van der Waals surface area contributed by atoms with Crippen LogP contribution in [0.2, 0.25) is 0 Å². The Labute approximate surface area is 118 Å². The van der Waals surface area contributed by atoms with Crippen LogP contribution in [-0.2, 0) is 11.0 Å². The second kappa shape index (κ2) is 5.94. The van der Waals surface area contributed by atoms with Gasteiger partial charge in [0.1, 0.15) is 0 Å². The molecule has 1 aliphatic rings. The zero-order chi connectivity index (χ0) is 14.8. The van der Waals surface area contributed by atoms with Crippen molar-refractivity contribution in [2.75, 3.05) is 18.0 Å². The van der Waals surface area contributed by atoms with Gasteiger partial charge in [0.15, 0.2) is 0 Å². The largest absolute Gasteiger partial charge is 0.445 e. The molecule has 1 aromatic rings. The summed E-state index contributed by atoms with van der Waals surface area (Å²) in [4.78, 5) is 13.1. The first-order valence-electron chi connectivity index (χ1n) is 6.35. The first-order valence-corrected chi connectivity index (χ1v) is 7.16. The molecule has 0 aliphatic carbocycles. The molecule has 1 amide bonds. The predicted octanol–water partition coefficient (Wildman–Crippen LogP) is 2.05. The van der Waals surface area contributed by atoms with E-state index in [0.717, 1.165) is 12.8 Å². The average molecular weight is 308 g/mol. The highest BCUT2D eigenvalue weighted by molar-refractivity contribution is 7.15. The minimum Gasteiger partial charge on any atom is -0.352 e. The maximum atomic E-state index is 12.5. The van der Waals surface area contributed by atoms with Crippen LogP contribution in [0, 0.1) is 0 Å². The average Bonchev–Trinajstić information content (AvgIpc) is 2.88. The van der Waals surface area contributed by atoms with Crippen molar-refractivity contribution in [1.82, 2.24) is 15.5 Å². The van der Waals surface area contributed by atoms with Crippen LogP contribution in [0.15, 0.2) is 0 Å². The topological polar surface area (TPSA) is 58.1 Å². The Kier molecular flexibility index (Phi) is 4.46. The summed E-state index contributed by atoms with van der Waals surface area (Å²) in [6.45, 7) is 2.86. The number of nitrogens with one attached hydrogen (secondary N) is 1. The van der Waals surface area contributed by atoms with E-state index in [0.29, 0.717) is 30.8 Å². The van der Waals surface area contributed by atoms with Gasteiger partial charge in [-0.1, -0.05) is 18.3 Å². The summed E-state index contributed by atoms with van der Waals surface area (Å²) in [7, 11) is 0. The number of carbonyl (C=O) groups excluding carboxylic acids is 1. The van der Waals surface area contributed by atoms with Crippen molar-refractivity contribution in [3.63, 3.8) is 0 Å². The molecule has 0 aromatic carbocycles. The van der Waals surface area contributed by atoms with Gasteiger partial charge >= 0.3 is 6.18 Å². The van der Waals surface area contributed by atoms with Crippen LogP contribution in [0.1, 0.15) is 31.2 Å². The molecule has 9 heteroatoms. The maximum absolute atomic E-state index is 12.5. The highest BCUT2D eigenvalue weighted by Crippen LogP contribution is 2.34. The number of aromatic nitrogens is 2. The molecule has 1 aromatic heterocycles. The molecule has 1 atom stereocenters. The third kappa shape index (κ3) is 3.59.